The largest absolute Gasteiger partial charge is 0.322 e. The normalized spacial score (nSPS) is 14.9. The van der Waals surface area contributed by atoms with E-state index in [1.807, 2.05) is 24.3 Å². The van der Waals surface area contributed by atoms with Crippen molar-refractivity contribution in [3.8, 4) is 0 Å². The summed E-state index contributed by atoms with van der Waals surface area (Å²) >= 11 is 0. The lowest BCUT2D eigenvalue weighted by Gasteiger charge is -2.13. The third kappa shape index (κ3) is 2.76. The monoisotopic (exact) mass is 229 g/mol. The number of hydrogen-bond donors (Lipinski definition) is 1. The Labute approximate surface area is 103 Å². The van der Waals surface area contributed by atoms with E-state index in [0.29, 0.717) is 5.92 Å². The van der Waals surface area contributed by atoms with Crippen LogP contribution in [-0.4, -0.2) is 5.91 Å². The fourth-order valence-electron chi connectivity index (χ4n) is 2.19. The zero-order chi connectivity index (χ0) is 12.3. The fraction of sp³-hybridized carbons (Fsp3) is 0.400. The predicted octanol–water partition coefficient (Wildman–Crippen LogP) is 3.86. The van der Waals surface area contributed by atoms with E-state index < -0.39 is 0 Å². The van der Waals surface area contributed by atoms with Crippen LogP contribution in [0.3, 0.4) is 0 Å². The van der Waals surface area contributed by atoms with Gasteiger partial charge < -0.3 is 5.32 Å². The Morgan fingerprint density at radius 1 is 1.29 bits per heavy atom. The van der Waals surface area contributed by atoms with Crippen LogP contribution in [0.5, 0.6) is 0 Å². The van der Waals surface area contributed by atoms with Crippen molar-refractivity contribution in [1.82, 2.24) is 0 Å². The summed E-state index contributed by atoms with van der Waals surface area (Å²) < 4.78 is 0. The summed E-state index contributed by atoms with van der Waals surface area (Å²) in [5.41, 5.74) is 3.07. The molecular formula is C15H19NO. The van der Waals surface area contributed by atoms with Crippen molar-refractivity contribution in [2.75, 3.05) is 5.32 Å². The molecule has 2 rings (SSSR count). The molecule has 1 amide bonds. The van der Waals surface area contributed by atoms with E-state index in [1.165, 1.54) is 5.56 Å². The second-order valence-electron chi connectivity index (χ2n) is 4.82. The molecular weight excluding hydrogens is 210 g/mol. The van der Waals surface area contributed by atoms with Gasteiger partial charge in [-0.15, -0.1) is 0 Å². The maximum absolute atomic E-state index is 12.0. The summed E-state index contributed by atoms with van der Waals surface area (Å²) in [5, 5.41) is 3.03. The zero-order valence-corrected chi connectivity index (χ0v) is 10.5. The van der Waals surface area contributed by atoms with E-state index >= 15 is 0 Å². The Hall–Kier alpha value is -1.57. The molecule has 0 saturated carbocycles. The minimum absolute atomic E-state index is 0.0654. The number of carbonyl (C=O) groups is 1. The Bertz CT molecular complexity index is 446. The molecule has 2 nitrogen and oxygen atoms in total. The van der Waals surface area contributed by atoms with Crippen molar-refractivity contribution in [1.29, 1.82) is 0 Å². The summed E-state index contributed by atoms with van der Waals surface area (Å²) in [6.07, 6.45) is 5.10. The van der Waals surface area contributed by atoms with Crippen molar-refractivity contribution in [2.24, 2.45) is 0 Å². The van der Waals surface area contributed by atoms with E-state index in [1.54, 1.807) is 0 Å². The summed E-state index contributed by atoms with van der Waals surface area (Å²) in [7, 11) is 0. The van der Waals surface area contributed by atoms with Crippen LogP contribution >= 0.6 is 0 Å². The fourth-order valence-corrected chi connectivity index (χ4v) is 2.19. The van der Waals surface area contributed by atoms with Crippen LogP contribution in [0.1, 0.15) is 44.6 Å². The van der Waals surface area contributed by atoms with Gasteiger partial charge in [0.05, 0.1) is 0 Å². The lowest BCUT2D eigenvalue weighted by Crippen LogP contribution is -2.14. The van der Waals surface area contributed by atoms with Gasteiger partial charge in [0.2, 0.25) is 0 Å². The Morgan fingerprint density at radius 2 is 2.06 bits per heavy atom. The Kier molecular flexibility index (Phi) is 3.62. The minimum atomic E-state index is 0.0654. The first-order valence-corrected chi connectivity index (χ1v) is 6.28. The lowest BCUT2D eigenvalue weighted by atomic mass is 10.0. The van der Waals surface area contributed by atoms with Crippen molar-refractivity contribution in [3.63, 3.8) is 0 Å². The van der Waals surface area contributed by atoms with Crippen LogP contribution in [0.25, 0.3) is 0 Å². The van der Waals surface area contributed by atoms with Gasteiger partial charge in [-0.05, 0) is 36.8 Å². The molecule has 90 valence electrons. The third-order valence-electron chi connectivity index (χ3n) is 3.16. The number of carbonyl (C=O) groups excluding carboxylic acids is 1. The smallest absolute Gasteiger partial charge is 0.251 e. The number of allylic oxidation sites excluding steroid dienone is 1. The zero-order valence-electron chi connectivity index (χ0n) is 10.5. The first-order valence-electron chi connectivity index (χ1n) is 6.28. The molecule has 1 aliphatic rings. The average Bonchev–Trinajstić information content (AvgIpc) is 2.83. The quantitative estimate of drug-likeness (QED) is 0.837. The molecule has 0 saturated heterocycles. The number of anilines is 1. The maximum Gasteiger partial charge on any atom is 0.251 e. The molecule has 0 aliphatic heterocycles. The average molecular weight is 229 g/mol. The topological polar surface area (TPSA) is 29.1 Å². The van der Waals surface area contributed by atoms with Gasteiger partial charge in [0, 0.05) is 11.3 Å². The molecule has 17 heavy (non-hydrogen) atoms. The molecule has 0 radical (unpaired) electrons. The summed E-state index contributed by atoms with van der Waals surface area (Å²) in [4.78, 5) is 12.0. The van der Waals surface area contributed by atoms with Gasteiger partial charge in [-0.3, -0.25) is 4.79 Å². The van der Waals surface area contributed by atoms with Crippen molar-refractivity contribution in [2.45, 2.75) is 39.0 Å². The second-order valence-corrected chi connectivity index (χ2v) is 4.82. The van der Waals surface area contributed by atoms with E-state index in [4.69, 9.17) is 0 Å². The molecule has 1 aromatic rings. The molecule has 2 heteroatoms. The van der Waals surface area contributed by atoms with Crippen LogP contribution in [0.2, 0.25) is 0 Å². The highest BCUT2D eigenvalue weighted by atomic mass is 16.1. The second kappa shape index (κ2) is 5.17. The highest BCUT2D eigenvalue weighted by Crippen LogP contribution is 2.25. The molecule has 0 unspecified atom stereocenters. The van der Waals surface area contributed by atoms with Gasteiger partial charge in [0.1, 0.15) is 0 Å². The molecule has 0 aromatic heterocycles. The maximum atomic E-state index is 12.0. The molecule has 1 aromatic carbocycles. The standard InChI is InChI=1S/C15H19NO/c1-11(2)13-9-5-6-10-14(13)16-15(17)12-7-3-4-8-12/h5-7,9-11H,3-4,8H2,1-2H3,(H,16,17). The van der Waals surface area contributed by atoms with Crippen LogP contribution in [0.4, 0.5) is 5.69 Å². The molecule has 1 N–H and O–H groups in total. The van der Waals surface area contributed by atoms with Gasteiger partial charge >= 0.3 is 0 Å². The molecule has 1 aliphatic carbocycles. The van der Waals surface area contributed by atoms with Gasteiger partial charge in [-0.1, -0.05) is 38.1 Å². The highest BCUT2D eigenvalue weighted by Gasteiger charge is 2.15. The lowest BCUT2D eigenvalue weighted by molar-refractivity contribution is -0.112. The number of para-hydroxylation sites is 1. The van der Waals surface area contributed by atoms with Crippen LogP contribution < -0.4 is 5.32 Å². The molecule has 0 spiro atoms. The first-order chi connectivity index (χ1) is 8.18. The van der Waals surface area contributed by atoms with E-state index in [-0.39, 0.29) is 5.91 Å². The van der Waals surface area contributed by atoms with Gasteiger partial charge in [0.25, 0.3) is 5.91 Å². The van der Waals surface area contributed by atoms with E-state index in [2.05, 4.69) is 25.2 Å². The first kappa shape index (κ1) is 11.9. The number of rotatable bonds is 3. The predicted molar refractivity (Wildman–Crippen MR) is 71.1 cm³/mol. The number of hydrogen-bond acceptors (Lipinski definition) is 1. The third-order valence-corrected chi connectivity index (χ3v) is 3.16. The van der Waals surface area contributed by atoms with Crippen LogP contribution in [0, 0.1) is 0 Å². The molecule has 0 bridgehead atoms. The van der Waals surface area contributed by atoms with Crippen LogP contribution in [0.15, 0.2) is 35.9 Å². The van der Waals surface area contributed by atoms with Crippen molar-refractivity contribution >= 4 is 11.6 Å². The number of amides is 1. The molecule has 0 heterocycles. The van der Waals surface area contributed by atoms with Crippen molar-refractivity contribution in [3.05, 3.63) is 41.5 Å². The van der Waals surface area contributed by atoms with Gasteiger partial charge in [0.15, 0.2) is 0 Å². The van der Waals surface area contributed by atoms with Crippen molar-refractivity contribution < 1.29 is 4.79 Å². The highest BCUT2D eigenvalue weighted by molar-refractivity contribution is 6.04. The summed E-state index contributed by atoms with van der Waals surface area (Å²) in [6, 6.07) is 8.02. The summed E-state index contributed by atoms with van der Waals surface area (Å²) in [5.74, 6) is 0.486. The molecule has 0 fully saturated rings. The summed E-state index contributed by atoms with van der Waals surface area (Å²) in [6.45, 7) is 4.28. The SMILES string of the molecule is CC(C)c1ccccc1NC(=O)C1=CCCC1. The minimum Gasteiger partial charge on any atom is -0.322 e. The van der Waals surface area contributed by atoms with E-state index in [0.717, 1.165) is 30.5 Å². The van der Waals surface area contributed by atoms with Crippen LogP contribution in [-0.2, 0) is 4.79 Å². The molecule has 0 atom stereocenters. The Morgan fingerprint density at radius 3 is 2.71 bits per heavy atom. The van der Waals surface area contributed by atoms with E-state index in [9.17, 15) is 4.79 Å². The van der Waals surface area contributed by atoms with Gasteiger partial charge in [-0.2, -0.15) is 0 Å². The van der Waals surface area contributed by atoms with Gasteiger partial charge in [-0.25, -0.2) is 0 Å². The number of nitrogens with one attached hydrogen (secondary N) is 1. The number of benzene rings is 1. The Balaban J connectivity index is 2.15.